The van der Waals surface area contributed by atoms with Crippen LogP contribution in [0.25, 0.3) is 22.4 Å². The second-order valence-electron chi connectivity index (χ2n) is 7.47. The van der Waals surface area contributed by atoms with Gasteiger partial charge in [-0.3, -0.25) is 9.89 Å². The van der Waals surface area contributed by atoms with Crippen molar-refractivity contribution in [3.63, 3.8) is 0 Å². The third-order valence-corrected chi connectivity index (χ3v) is 5.50. The van der Waals surface area contributed by atoms with E-state index in [2.05, 4.69) is 34.2 Å². The van der Waals surface area contributed by atoms with Crippen molar-refractivity contribution >= 4 is 16.9 Å². The number of carbonyl (C=O) groups is 1. The molecule has 0 spiro atoms. The molecule has 1 aliphatic rings. The summed E-state index contributed by atoms with van der Waals surface area (Å²) in [5, 5.41) is 7.26. The highest BCUT2D eigenvalue weighted by Crippen LogP contribution is 2.33. The van der Waals surface area contributed by atoms with Gasteiger partial charge in [-0.1, -0.05) is 6.07 Å². The van der Waals surface area contributed by atoms with Gasteiger partial charge >= 0.3 is 0 Å². The van der Waals surface area contributed by atoms with Gasteiger partial charge in [-0.2, -0.15) is 5.10 Å². The number of hydrogen-bond acceptors (Lipinski definition) is 3. The van der Waals surface area contributed by atoms with Crippen LogP contribution in [0.5, 0.6) is 0 Å². The topological polar surface area (TPSA) is 82.6 Å². The predicted molar refractivity (Wildman–Crippen MR) is 107 cm³/mol. The minimum Gasteiger partial charge on any atom is -0.349 e. The number of nitrogens with one attached hydrogen (secondary N) is 2. The Labute approximate surface area is 162 Å². The molecule has 142 valence electrons. The van der Waals surface area contributed by atoms with Gasteiger partial charge < -0.3 is 14.5 Å². The molecule has 0 saturated carbocycles. The van der Waals surface area contributed by atoms with Gasteiger partial charge in [0.1, 0.15) is 17.2 Å². The number of H-pyrrole nitrogens is 2. The SMILES string of the molecule is Cc1ccc2nc([C@@H]3CCCN3C(=O)c3cc(-c4cccn4C)n[nH]3)[nH]c2c1. The van der Waals surface area contributed by atoms with E-state index in [1.165, 1.54) is 5.56 Å². The summed E-state index contributed by atoms with van der Waals surface area (Å²) in [6.07, 6.45) is 3.83. The second kappa shape index (κ2) is 6.37. The average molecular weight is 374 g/mol. The number of carbonyl (C=O) groups excluding carboxylic acids is 1. The molecule has 7 heteroatoms. The molecule has 1 atom stereocenters. The van der Waals surface area contributed by atoms with Crippen molar-refractivity contribution in [3.8, 4) is 11.4 Å². The van der Waals surface area contributed by atoms with Crippen LogP contribution < -0.4 is 0 Å². The summed E-state index contributed by atoms with van der Waals surface area (Å²) in [6, 6.07) is 11.9. The zero-order valence-corrected chi connectivity index (χ0v) is 15.9. The van der Waals surface area contributed by atoms with Crippen LogP contribution in [-0.4, -0.2) is 42.1 Å². The number of benzene rings is 1. The number of rotatable bonds is 3. The van der Waals surface area contributed by atoms with Crippen LogP contribution in [-0.2, 0) is 7.05 Å². The van der Waals surface area contributed by atoms with E-state index in [4.69, 9.17) is 4.98 Å². The van der Waals surface area contributed by atoms with Gasteiger partial charge in [0.15, 0.2) is 0 Å². The molecule has 0 radical (unpaired) electrons. The number of aromatic amines is 2. The van der Waals surface area contributed by atoms with Crippen molar-refractivity contribution in [2.24, 2.45) is 7.05 Å². The van der Waals surface area contributed by atoms with Gasteiger partial charge in [0.25, 0.3) is 5.91 Å². The van der Waals surface area contributed by atoms with Gasteiger partial charge in [0.05, 0.1) is 22.8 Å². The Bertz CT molecular complexity index is 1170. The molecule has 28 heavy (non-hydrogen) atoms. The molecule has 1 fully saturated rings. The summed E-state index contributed by atoms with van der Waals surface area (Å²) in [5.74, 6) is 0.820. The molecule has 1 aliphatic heterocycles. The zero-order valence-electron chi connectivity index (χ0n) is 15.9. The number of aromatic nitrogens is 5. The number of aryl methyl sites for hydroxylation is 2. The van der Waals surface area contributed by atoms with Crippen LogP contribution in [0.1, 0.15) is 40.8 Å². The molecule has 4 heterocycles. The molecule has 4 aromatic rings. The van der Waals surface area contributed by atoms with E-state index >= 15 is 0 Å². The number of imidazole rings is 1. The van der Waals surface area contributed by atoms with Gasteiger partial charge in [-0.15, -0.1) is 0 Å². The third kappa shape index (κ3) is 2.70. The van der Waals surface area contributed by atoms with Gasteiger partial charge in [0.2, 0.25) is 0 Å². The summed E-state index contributed by atoms with van der Waals surface area (Å²) in [7, 11) is 1.96. The van der Waals surface area contributed by atoms with Gasteiger partial charge in [0, 0.05) is 19.8 Å². The maximum Gasteiger partial charge on any atom is 0.272 e. The largest absolute Gasteiger partial charge is 0.349 e. The number of likely N-dealkylation sites (tertiary alicyclic amines) is 1. The fraction of sp³-hybridized carbons (Fsp3) is 0.286. The molecular formula is C21H22N6O. The van der Waals surface area contributed by atoms with Crippen molar-refractivity contribution < 1.29 is 4.79 Å². The monoisotopic (exact) mass is 374 g/mol. The Hall–Kier alpha value is -3.35. The van der Waals surface area contributed by atoms with E-state index in [9.17, 15) is 4.79 Å². The third-order valence-electron chi connectivity index (χ3n) is 5.50. The van der Waals surface area contributed by atoms with Crippen molar-refractivity contribution in [1.29, 1.82) is 0 Å². The van der Waals surface area contributed by atoms with E-state index in [0.29, 0.717) is 5.69 Å². The Balaban J connectivity index is 1.44. The Morgan fingerprint density at radius 3 is 2.96 bits per heavy atom. The first-order chi connectivity index (χ1) is 13.6. The second-order valence-corrected chi connectivity index (χ2v) is 7.47. The summed E-state index contributed by atoms with van der Waals surface area (Å²) in [4.78, 5) is 23.2. The van der Waals surface area contributed by atoms with E-state index in [1.54, 1.807) is 0 Å². The summed E-state index contributed by atoms with van der Waals surface area (Å²) in [5.41, 5.74) is 5.39. The van der Waals surface area contributed by atoms with Crippen LogP contribution in [0.2, 0.25) is 0 Å². The quantitative estimate of drug-likeness (QED) is 0.575. The Kier molecular flexibility index (Phi) is 3.82. The molecule has 5 rings (SSSR count). The molecule has 1 saturated heterocycles. The minimum absolute atomic E-state index is 0.0351. The standard InChI is InChI=1S/C21H22N6O/c1-13-7-8-14-15(11-13)23-20(22-14)19-6-4-10-27(19)21(28)17-12-16(24-25-17)18-5-3-9-26(18)2/h3,5,7-9,11-12,19H,4,6,10H2,1-2H3,(H,22,23)(H,24,25)/t19-/m0/s1. The molecule has 1 amide bonds. The van der Waals surface area contributed by atoms with Crippen LogP contribution in [0.15, 0.2) is 42.6 Å². The highest BCUT2D eigenvalue weighted by molar-refractivity contribution is 5.93. The first kappa shape index (κ1) is 16.8. The fourth-order valence-corrected chi connectivity index (χ4v) is 4.04. The predicted octanol–water partition coefficient (Wildman–Crippen LogP) is 3.58. The van der Waals surface area contributed by atoms with E-state index < -0.39 is 0 Å². The molecule has 0 bridgehead atoms. The van der Waals surface area contributed by atoms with Crippen molar-refractivity contribution in [2.75, 3.05) is 6.54 Å². The lowest BCUT2D eigenvalue weighted by molar-refractivity contribution is 0.0724. The van der Waals surface area contributed by atoms with Crippen LogP contribution in [0, 0.1) is 6.92 Å². The molecule has 0 aliphatic carbocycles. The molecular weight excluding hydrogens is 352 g/mol. The van der Waals surface area contributed by atoms with Crippen LogP contribution in [0.3, 0.4) is 0 Å². The number of nitrogens with zero attached hydrogens (tertiary/aromatic N) is 4. The summed E-state index contributed by atoms with van der Waals surface area (Å²) in [6.45, 7) is 2.78. The zero-order chi connectivity index (χ0) is 19.3. The van der Waals surface area contributed by atoms with E-state index in [-0.39, 0.29) is 11.9 Å². The lowest BCUT2D eigenvalue weighted by Gasteiger charge is -2.22. The fourth-order valence-electron chi connectivity index (χ4n) is 4.04. The minimum atomic E-state index is -0.0398. The molecule has 0 unspecified atom stereocenters. The number of fused-ring (bicyclic) bond motifs is 1. The molecule has 2 N–H and O–H groups in total. The van der Waals surface area contributed by atoms with Gasteiger partial charge in [-0.05, 0) is 55.7 Å². The number of amides is 1. The van der Waals surface area contributed by atoms with Crippen molar-refractivity contribution in [1.82, 2.24) is 29.6 Å². The smallest absolute Gasteiger partial charge is 0.272 e. The molecule has 3 aromatic heterocycles. The maximum absolute atomic E-state index is 13.2. The van der Waals surface area contributed by atoms with Crippen LogP contribution >= 0.6 is 0 Å². The summed E-state index contributed by atoms with van der Waals surface area (Å²) >= 11 is 0. The first-order valence-corrected chi connectivity index (χ1v) is 9.54. The first-order valence-electron chi connectivity index (χ1n) is 9.54. The van der Waals surface area contributed by atoms with Crippen molar-refractivity contribution in [3.05, 3.63) is 59.7 Å². The highest BCUT2D eigenvalue weighted by Gasteiger charge is 2.33. The van der Waals surface area contributed by atoms with E-state index in [0.717, 1.165) is 47.6 Å². The Morgan fingerprint density at radius 2 is 2.14 bits per heavy atom. The lowest BCUT2D eigenvalue weighted by atomic mass is 10.2. The normalized spacial score (nSPS) is 16.9. The maximum atomic E-state index is 13.2. The molecule has 1 aromatic carbocycles. The number of hydrogen-bond donors (Lipinski definition) is 2. The lowest BCUT2D eigenvalue weighted by Crippen LogP contribution is -2.31. The summed E-state index contributed by atoms with van der Waals surface area (Å²) < 4.78 is 1.99. The average Bonchev–Trinajstić information content (AvgIpc) is 3.45. The highest BCUT2D eigenvalue weighted by atomic mass is 16.2. The van der Waals surface area contributed by atoms with E-state index in [1.807, 2.05) is 47.0 Å². The van der Waals surface area contributed by atoms with Gasteiger partial charge in [-0.25, -0.2) is 4.98 Å². The Morgan fingerprint density at radius 1 is 1.25 bits per heavy atom. The molecule has 7 nitrogen and oxygen atoms in total. The van der Waals surface area contributed by atoms with Crippen LogP contribution in [0.4, 0.5) is 0 Å². The van der Waals surface area contributed by atoms with Crippen molar-refractivity contribution in [2.45, 2.75) is 25.8 Å².